The van der Waals surface area contributed by atoms with Crippen molar-refractivity contribution in [3.63, 3.8) is 0 Å². The lowest BCUT2D eigenvalue weighted by atomic mass is 11.6. The van der Waals surface area contributed by atoms with Gasteiger partial charge in [-0.05, 0) is 0 Å². The highest BCUT2D eigenvalue weighted by Gasteiger charge is 1.73. The summed E-state index contributed by atoms with van der Waals surface area (Å²) >= 11 is 0. The van der Waals surface area contributed by atoms with Gasteiger partial charge >= 0.3 is 6.45 Å². The third kappa shape index (κ3) is 3.36. The molecule has 3 nitrogen and oxygen atoms in total. The molecule has 0 fully saturated rings. The van der Waals surface area contributed by atoms with Crippen molar-refractivity contribution in [2.75, 3.05) is 6.86 Å². The third-order valence-corrected chi connectivity index (χ3v) is 0.137. The van der Waals surface area contributed by atoms with Crippen LogP contribution in [0.1, 0.15) is 1.37 Å². The van der Waals surface area contributed by atoms with Gasteiger partial charge in [0, 0.05) is 0 Å². The van der Waals surface area contributed by atoms with Crippen molar-refractivity contribution in [3.05, 3.63) is 0 Å². The molecule has 0 saturated carbocycles. The normalized spacial score (nSPS) is 9.83. The molecule has 36 valence electrons. The van der Waals surface area contributed by atoms with Gasteiger partial charge in [0.1, 0.15) is 0 Å². The van der Waals surface area contributed by atoms with Gasteiger partial charge in [0.05, 0.1) is 0 Å². The summed E-state index contributed by atoms with van der Waals surface area (Å²) in [7, 11) is 0. The van der Waals surface area contributed by atoms with Gasteiger partial charge < -0.3 is 0 Å². The number of carbonyl (C=O) groups excluding carboxylic acids is 1. The smallest absolute Gasteiger partial charge is 0.299 e. The number of halogens is 1. The molecule has 6 heavy (non-hydrogen) atoms. The maximum absolute atomic E-state index is 10.8. The fraction of sp³-hybridized carbons (Fsp3) is 0.500. The quantitative estimate of drug-likeness (QED) is 0.275. The van der Waals surface area contributed by atoms with Crippen LogP contribution in [0.15, 0.2) is 0 Å². The fourth-order valence-corrected chi connectivity index (χ4v) is 0.0463. The second kappa shape index (κ2) is 4.36. The maximum Gasteiger partial charge on any atom is 0.330 e. The van der Waals surface area contributed by atoms with Gasteiger partial charge in [-0.1, -0.05) is 0 Å². The van der Waals surface area contributed by atoms with E-state index in [1.807, 2.05) is 0 Å². The van der Waals surface area contributed by atoms with Crippen molar-refractivity contribution in [1.29, 1.82) is 0 Å². The average molecular weight is 95.0 g/mol. The Labute approximate surface area is 35.0 Å². The molecule has 0 heterocycles. The Morgan fingerprint density at radius 3 is 3.00 bits per heavy atom. The Morgan fingerprint density at radius 2 is 2.83 bits per heavy atom. The molecule has 0 radical (unpaired) electrons. The minimum Gasteiger partial charge on any atom is -0.299 e. The fourth-order valence-electron chi connectivity index (χ4n) is 0.0463. The number of hydrogen-bond acceptors (Lipinski definition) is 3. The highest BCUT2D eigenvalue weighted by atomic mass is 19.1. The van der Waals surface area contributed by atoms with Crippen molar-refractivity contribution < 1.29 is 20.3 Å². The molecule has 0 aliphatic rings. The van der Waals surface area contributed by atoms with E-state index in [4.69, 9.17) is 1.37 Å². The Morgan fingerprint density at radius 1 is 2.17 bits per heavy atom. The van der Waals surface area contributed by atoms with E-state index in [1.54, 1.807) is 0 Å². The molecular formula is C2H3FO3. The molecule has 0 aromatic rings. The molecule has 0 aromatic heterocycles. The van der Waals surface area contributed by atoms with Gasteiger partial charge in [0.15, 0.2) is 1.37 Å². The predicted octanol–water partition coefficient (Wildman–Crippen LogP) is 0.0180. The number of hydrogen-bond donors (Lipinski definition) is 0. The van der Waals surface area contributed by atoms with E-state index in [-0.39, 0.29) is 0 Å². The largest absolute Gasteiger partial charge is 0.330 e. The van der Waals surface area contributed by atoms with Crippen LogP contribution in [0.3, 0.4) is 0 Å². The highest BCUT2D eigenvalue weighted by Crippen LogP contribution is 1.69. The summed E-state index contributed by atoms with van der Waals surface area (Å²) in [5, 5.41) is 0. The number of alkyl halides is 1. The van der Waals surface area contributed by atoms with Crippen molar-refractivity contribution >= 4 is 6.45 Å². The van der Waals surface area contributed by atoms with Crippen LogP contribution < -0.4 is 0 Å². The van der Waals surface area contributed by atoms with Gasteiger partial charge in [0.25, 0.3) is 0 Å². The summed E-state index contributed by atoms with van der Waals surface area (Å²) in [6.45, 7) is -1.22. The molecule has 0 spiro atoms. The molecule has 0 aliphatic heterocycles. The van der Waals surface area contributed by atoms with Gasteiger partial charge in [-0.3, -0.25) is 9.68 Å². The lowest BCUT2D eigenvalue weighted by Gasteiger charge is -1.84. The first-order valence-corrected chi connectivity index (χ1v) is 1.13. The summed E-state index contributed by atoms with van der Waals surface area (Å²) in [4.78, 5) is 16.1. The predicted molar refractivity (Wildman–Crippen MR) is 14.2 cm³/mol. The first kappa shape index (κ1) is 3.55. The number of rotatable bonds is 2. The second-order valence-electron chi connectivity index (χ2n) is 0.394. The maximum atomic E-state index is 10.8. The van der Waals surface area contributed by atoms with Crippen LogP contribution in [0.5, 0.6) is 0 Å². The molecule has 0 atom stereocenters. The van der Waals surface area contributed by atoms with Crippen LogP contribution >= 0.6 is 0 Å². The van der Waals surface area contributed by atoms with Crippen LogP contribution in [-0.2, 0) is 14.6 Å². The molecule has 0 aliphatic carbocycles. The van der Waals surface area contributed by atoms with E-state index in [2.05, 4.69) is 9.78 Å². The summed E-state index contributed by atoms with van der Waals surface area (Å²) in [5.74, 6) is 0. The van der Waals surface area contributed by atoms with E-state index >= 15 is 0 Å². The lowest BCUT2D eigenvalue weighted by molar-refractivity contribution is -0.277. The Bertz CT molecular complexity index is 66.0. The third-order valence-electron chi connectivity index (χ3n) is 0.137. The molecule has 0 bridgehead atoms. The van der Waals surface area contributed by atoms with Gasteiger partial charge in [-0.2, -0.15) is 4.89 Å². The Hall–Kier alpha value is -0.640. The van der Waals surface area contributed by atoms with Crippen LogP contribution in [-0.4, -0.2) is 13.3 Å². The first-order chi connectivity index (χ1) is 3.27. The van der Waals surface area contributed by atoms with E-state index < -0.39 is 13.3 Å². The minimum atomic E-state index is -1.40. The topological polar surface area (TPSA) is 35.5 Å². The van der Waals surface area contributed by atoms with E-state index in [1.165, 1.54) is 0 Å². The molecule has 0 aromatic carbocycles. The highest BCUT2D eigenvalue weighted by molar-refractivity contribution is 5.35. The van der Waals surface area contributed by atoms with Crippen LogP contribution in [0.25, 0.3) is 0 Å². The van der Waals surface area contributed by atoms with Crippen molar-refractivity contribution in [3.8, 4) is 0 Å². The average Bonchev–Trinajstić information content (AvgIpc) is 1.61. The first-order valence-electron chi connectivity index (χ1n) is 1.63. The zero-order valence-electron chi connectivity index (χ0n) is 3.81. The Kier molecular flexibility index (Phi) is 2.58. The number of carbonyl (C=O) groups is 1. The Balaban J connectivity index is 2.82. The van der Waals surface area contributed by atoms with E-state index in [0.29, 0.717) is 0 Å². The molecule has 0 unspecified atom stereocenters. The standard InChI is InChI=1S/C2H3FO3/c3-1-5-6-2-4/h2H,1H2/i2D. The van der Waals surface area contributed by atoms with Crippen LogP contribution in [0.4, 0.5) is 4.39 Å². The van der Waals surface area contributed by atoms with Crippen LogP contribution in [0, 0.1) is 0 Å². The zero-order chi connectivity index (χ0) is 5.70. The molecule has 0 N–H and O–H groups in total. The summed E-state index contributed by atoms with van der Waals surface area (Å²) < 4.78 is 16.7. The molecule has 4 heteroatoms. The van der Waals surface area contributed by atoms with Gasteiger partial charge in [0.2, 0.25) is 6.86 Å². The van der Waals surface area contributed by atoms with Crippen molar-refractivity contribution in [1.82, 2.24) is 0 Å². The SMILES string of the molecule is [2H]C(=O)OOCF. The van der Waals surface area contributed by atoms with Crippen molar-refractivity contribution in [2.45, 2.75) is 0 Å². The second-order valence-corrected chi connectivity index (χ2v) is 0.394. The van der Waals surface area contributed by atoms with E-state index in [0.717, 1.165) is 0 Å². The zero-order valence-corrected chi connectivity index (χ0v) is 2.81. The summed E-state index contributed by atoms with van der Waals surface area (Å²) in [5.41, 5.74) is 0. The summed E-state index contributed by atoms with van der Waals surface area (Å²) in [6.07, 6.45) is -1.40. The van der Waals surface area contributed by atoms with Gasteiger partial charge in [-0.15, -0.1) is 0 Å². The van der Waals surface area contributed by atoms with Crippen LogP contribution in [0.2, 0.25) is 0 Å². The van der Waals surface area contributed by atoms with Gasteiger partial charge in [-0.25, -0.2) is 4.39 Å². The molecule has 0 saturated heterocycles. The monoisotopic (exact) mass is 95.0 g/mol. The summed E-state index contributed by atoms with van der Waals surface area (Å²) in [6, 6.07) is 0. The van der Waals surface area contributed by atoms with Crippen molar-refractivity contribution in [2.24, 2.45) is 0 Å². The molecule has 0 rings (SSSR count). The lowest BCUT2D eigenvalue weighted by Crippen LogP contribution is -1.86. The molecular weight excluding hydrogens is 91.0 g/mol. The molecule has 0 amide bonds. The van der Waals surface area contributed by atoms with E-state index in [9.17, 15) is 9.18 Å². The minimum absolute atomic E-state index is 1.22.